The van der Waals surface area contributed by atoms with E-state index in [9.17, 15) is 23.1 Å². The zero-order chi connectivity index (χ0) is 19.5. The van der Waals surface area contributed by atoms with Crippen LogP contribution in [0.1, 0.15) is 6.42 Å². The summed E-state index contributed by atoms with van der Waals surface area (Å²) in [5.41, 5.74) is 0.466. The highest BCUT2D eigenvalue weighted by molar-refractivity contribution is 7.91. The van der Waals surface area contributed by atoms with Crippen LogP contribution >= 0.6 is 0 Å². The number of likely N-dealkylation sites (N-methyl/N-ethyl adjacent to an activating group) is 2. The van der Waals surface area contributed by atoms with E-state index in [1.165, 1.54) is 41.1 Å². The number of nitrogens with zero attached hydrogens (tertiary/aromatic N) is 3. The molecule has 1 atom stereocenters. The lowest BCUT2D eigenvalue weighted by molar-refractivity contribution is -0.145. The standard InChI is InChI=1S/C17H25N3O5S/c1-18(2)9-10-20(14-8-11-26(24,25)12-14)17(23)16(22)19(3)13-4-6-15(21)7-5-13/h4-7,14,21H,8-12H2,1-3H3. The molecular formula is C17H25N3O5S. The predicted molar refractivity (Wildman–Crippen MR) is 98.8 cm³/mol. The van der Waals surface area contributed by atoms with Crippen molar-refractivity contribution in [2.24, 2.45) is 0 Å². The number of carbonyl (C=O) groups is 2. The van der Waals surface area contributed by atoms with Crippen molar-refractivity contribution >= 4 is 27.3 Å². The summed E-state index contributed by atoms with van der Waals surface area (Å²) in [5.74, 6) is -1.47. The van der Waals surface area contributed by atoms with Gasteiger partial charge in [-0.15, -0.1) is 0 Å². The molecular weight excluding hydrogens is 358 g/mol. The van der Waals surface area contributed by atoms with Crippen LogP contribution in [0.4, 0.5) is 5.69 Å². The minimum Gasteiger partial charge on any atom is -0.508 e. The van der Waals surface area contributed by atoms with Gasteiger partial charge in [0.1, 0.15) is 5.75 Å². The Bertz CT molecular complexity index is 761. The van der Waals surface area contributed by atoms with Gasteiger partial charge in [-0.25, -0.2) is 8.42 Å². The first-order valence-corrected chi connectivity index (χ1v) is 10.2. The van der Waals surface area contributed by atoms with E-state index in [0.717, 1.165) is 0 Å². The van der Waals surface area contributed by atoms with E-state index in [1.54, 1.807) is 0 Å². The maximum Gasteiger partial charge on any atom is 0.316 e. The highest BCUT2D eigenvalue weighted by Gasteiger charge is 2.37. The summed E-state index contributed by atoms with van der Waals surface area (Å²) in [5, 5.41) is 9.35. The van der Waals surface area contributed by atoms with E-state index in [4.69, 9.17) is 0 Å². The van der Waals surface area contributed by atoms with Crippen LogP contribution < -0.4 is 4.90 Å². The largest absolute Gasteiger partial charge is 0.508 e. The van der Waals surface area contributed by atoms with E-state index in [-0.39, 0.29) is 23.8 Å². The van der Waals surface area contributed by atoms with Gasteiger partial charge in [-0.05, 0) is 44.8 Å². The van der Waals surface area contributed by atoms with Gasteiger partial charge in [-0.2, -0.15) is 0 Å². The van der Waals surface area contributed by atoms with Crippen LogP contribution in [0.2, 0.25) is 0 Å². The average molecular weight is 383 g/mol. The van der Waals surface area contributed by atoms with E-state index < -0.39 is 27.7 Å². The minimum atomic E-state index is -3.18. The number of phenols is 1. The number of anilines is 1. The molecule has 144 valence electrons. The topological polar surface area (TPSA) is 98.2 Å². The van der Waals surface area contributed by atoms with Crippen LogP contribution in [0.3, 0.4) is 0 Å². The van der Waals surface area contributed by atoms with E-state index in [1.807, 2.05) is 19.0 Å². The third-order valence-electron chi connectivity index (χ3n) is 4.42. The number of hydrogen-bond donors (Lipinski definition) is 1. The smallest absolute Gasteiger partial charge is 0.316 e. The summed E-state index contributed by atoms with van der Waals surface area (Å²) in [6.07, 6.45) is 0.345. The van der Waals surface area contributed by atoms with Crippen molar-refractivity contribution in [3.8, 4) is 5.75 Å². The molecule has 0 aliphatic carbocycles. The van der Waals surface area contributed by atoms with Gasteiger partial charge in [0.05, 0.1) is 11.5 Å². The van der Waals surface area contributed by atoms with Crippen molar-refractivity contribution in [1.29, 1.82) is 0 Å². The molecule has 1 unspecified atom stereocenters. The van der Waals surface area contributed by atoms with Crippen LogP contribution in [0.15, 0.2) is 24.3 Å². The van der Waals surface area contributed by atoms with Gasteiger partial charge >= 0.3 is 11.8 Å². The number of carbonyl (C=O) groups excluding carboxylic acids is 2. The van der Waals surface area contributed by atoms with Gasteiger partial charge in [0, 0.05) is 31.9 Å². The predicted octanol–water partition coefficient (Wildman–Crippen LogP) is -0.0677. The molecule has 0 radical (unpaired) electrons. The first kappa shape index (κ1) is 20.2. The Hall–Kier alpha value is -2.13. The highest BCUT2D eigenvalue weighted by Crippen LogP contribution is 2.21. The molecule has 26 heavy (non-hydrogen) atoms. The zero-order valence-electron chi connectivity index (χ0n) is 15.3. The van der Waals surface area contributed by atoms with Crippen molar-refractivity contribution in [3.63, 3.8) is 0 Å². The molecule has 0 bridgehead atoms. The van der Waals surface area contributed by atoms with Gasteiger partial charge in [-0.1, -0.05) is 0 Å². The normalized spacial score (nSPS) is 18.7. The first-order chi connectivity index (χ1) is 12.1. The number of aromatic hydroxyl groups is 1. The van der Waals surface area contributed by atoms with Crippen molar-refractivity contribution in [1.82, 2.24) is 9.80 Å². The van der Waals surface area contributed by atoms with Crippen LogP contribution in [0.25, 0.3) is 0 Å². The maximum atomic E-state index is 12.8. The summed E-state index contributed by atoms with van der Waals surface area (Å²) < 4.78 is 23.6. The summed E-state index contributed by atoms with van der Waals surface area (Å²) in [6.45, 7) is 0.805. The number of sulfone groups is 1. The lowest BCUT2D eigenvalue weighted by Crippen LogP contribution is -2.51. The quantitative estimate of drug-likeness (QED) is 0.715. The average Bonchev–Trinajstić information content (AvgIpc) is 2.93. The van der Waals surface area contributed by atoms with Crippen LogP contribution in [0, 0.1) is 0 Å². The second kappa shape index (κ2) is 8.05. The van der Waals surface area contributed by atoms with Gasteiger partial charge < -0.3 is 19.8 Å². The molecule has 2 amide bonds. The third kappa shape index (κ3) is 4.95. The molecule has 1 heterocycles. The second-order valence-corrected chi connectivity index (χ2v) is 8.97. The summed E-state index contributed by atoms with van der Waals surface area (Å²) in [6, 6.07) is 5.44. The second-order valence-electron chi connectivity index (χ2n) is 6.74. The molecule has 0 saturated carbocycles. The Balaban J connectivity index is 2.18. The molecule has 1 aliphatic rings. The van der Waals surface area contributed by atoms with Crippen molar-refractivity contribution in [3.05, 3.63) is 24.3 Å². The maximum absolute atomic E-state index is 12.8. The minimum absolute atomic E-state index is 0.0331. The monoisotopic (exact) mass is 383 g/mol. The molecule has 0 spiro atoms. The fourth-order valence-corrected chi connectivity index (χ4v) is 4.57. The van der Waals surface area contributed by atoms with Gasteiger partial charge in [0.15, 0.2) is 9.84 Å². The van der Waals surface area contributed by atoms with Gasteiger partial charge in [0.25, 0.3) is 0 Å². The number of benzene rings is 1. The van der Waals surface area contributed by atoms with E-state index in [0.29, 0.717) is 18.7 Å². The summed E-state index contributed by atoms with van der Waals surface area (Å²) >= 11 is 0. The molecule has 1 aliphatic heterocycles. The van der Waals surface area contributed by atoms with Crippen LogP contribution in [-0.2, 0) is 19.4 Å². The van der Waals surface area contributed by atoms with E-state index >= 15 is 0 Å². The SMILES string of the molecule is CN(C)CCN(C(=O)C(=O)N(C)c1ccc(O)cc1)C1CCS(=O)(=O)C1. The van der Waals surface area contributed by atoms with Crippen molar-refractivity contribution < 1.29 is 23.1 Å². The Morgan fingerprint density at radius 3 is 2.19 bits per heavy atom. The van der Waals surface area contributed by atoms with Crippen LogP contribution in [-0.4, -0.2) is 86.9 Å². The van der Waals surface area contributed by atoms with Crippen molar-refractivity contribution in [2.75, 3.05) is 50.6 Å². The molecule has 1 fully saturated rings. The fourth-order valence-electron chi connectivity index (χ4n) is 2.84. The van der Waals surface area contributed by atoms with Gasteiger partial charge in [0.2, 0.25) is 0 Å². The lowest BCUT2D eigenvalue weighted by Gasteiger charge is -2.30. The van der Waals surface area contributed by atoms with Gasteiger partial charge in [-0.3, -0.25) is 9.59 Å². The number of hydrogen-bond acceptors (Lipinski definition) is 6. The zero-order valence-corrected chi connectivity index (χ0v) is 16.1. The molecule has 1 N–H and O–H groups in total. The first-order valence-electron chi connectivity index (χ1n) is 8.33. The highest BCUT2D eigenvalue weighted by atomic mass is 32.2. The Labute approximate surface area is 153 Å². The molecule has 8 nitrogen and oxygen atoms in total. The molecule has 1 aromatic rings. The number of phenolic OH excluding ortho intramolecular Hbond substituents is 1. The molecule has 0 aromatic heterocycles. The van der Waals surface area contributed by atoms with Crippen LogP contribution in [0.5, 0.6) is 5.75 Å². The fraction of sp³-hybridized carbons (Fsp3) is 0.529. The number of rotatable bonds is 5. The van der Waals surface area contributed by atoms with Crippen molar-refractivity contribution in [2.45, 2.75) is 12.5 Å². The van der Waals surface area contributed by atoms with E-state index in [2.05, 4.69) is 0 Å². The Morgan fingerprint density at radius 1 is 1.08 bits per heavy atom. The Kier molecular flexibility index (Phi) is 6.25. The Morgan fingerprint density at radius 2 is 1.69 bits per heavy atom. The molecule has 1 saturated heterocycles. The number of amides is 2. The molecule has 2 rings (SSSR count). The summed E-state index contributed by atoms with van der Waals surface area (Å²) in [4.78, 5) is 29.9. The third-order valence-corrected chi connectivity index (χ3v) is 6.17. The summed E-state index contributed by atoms with van der Waals surface area (Å²) in [7, 11) is 1.99. The lowest BCUT2D eigenvalue weighted by atomic mass is 10.2. The molecule has 1 aromatic carbocycles. The molecule has 9 heteroatoms.